The molecule has 1 aromatic rings. The molecule has 1 N–H and O–H groups in total. The number of aliphatic hydroxyl groups is 1. The molecule has 1 heterocycles. The number of amides is 2. The largest absolute Gasteiger partial charge is 0.388 e. The van der Waals surface area contributed by atoms with Crippen LogP contribution in [0, 0.1) is 0 Å². The maximum absolute atomic E-state index is 12.8. The molecule has 5 nitrogen and oxygen atoms in total. The predicted molar refractivity (Wildman–Crippen MR) is 90.1 cm³/mol. The van der Waals surface area contributed by atoms with Crippen LogP contribution in [0.15, 0.2) is 30.3 Å². The molecule has 2 rings (SSSR count). The van der Waals surface area contributed by atoms with Crippen LogP contribution in [0.3, 0.4) is 0 Å². The quantitative estimate of drug-likeness (QED) is 0.907. The van der Waals surface area contributed by atoms with E-state index in [1.807, 2.05) is 44.2 Å². The molecule has 0 radical (unpaired) electrons. The summed E-state index contributed by atoms with van der Waals surface area (Å²) >= 11 is 0. The third kappa shape index (κ3) is 4.94. The minimum atomic E-state index is -0.861. The molecule has 1 saturated heterocycles. The van der Waals surface area contributed by atoms with E-state index in [9.17, 15) is 9.90 Å². The summed E-state index contributed by atoms with van der Waals surface area (Å²) in [4.78, 5) is 16.3. The van der Waals surface area contributed by atoms with Crippen LogP contribution in [-0.4, -0.2) is 59.4 Å². The second-order valence-corrected chi connectivity index (χ2v) is 6.67. The Hall–Kier alpha value is -1.59. The molecule has 0 atom stereocenters. The van der Waals surface area contributed by atoms with E-state index < -0.39 is 5.60 Å². The Bertz CT molecular complexity index is 498. The molecular weight excluding hydrogens is 292 g/mol. The van der Waals surface area contributed by atoms with Gasteiger partial charge in [0.05, 0.1) is 12.1 Å². The number of carbonyl (C=O) groups excluding carboxylic acids is 1. The van der Waals surface area contributed by atoms with Gasteiger partial charge in [-0.25, -0.2) is 4.79 Å². The summed E-state index contributed by atoms with van der Waals surface area (Å²) in [7, 11) is 1.80. The maximum atomic E-state index is 12.8. The zero-order valence-corrected chi connectivity index (χ0v) is 14.4. The van der Waals surface area contributed by atoms with Crippen LogP contribution in [0.1, 0.15) is 32.3 Å². The molecule has 1 aliphatic rings. The van der Waals surface area contributed by atoms with Crippen LogP contribution in [0.2, 0.25) is 0 Å². The summed E-state index contributed by atoms with van der Waals surface area (Å²) in [6.07, 6.45) is 1.13. The molecule has 128 valence electrons. The van der Waals surface area contributed by atoms with Gasteiger partial charge in [-0.05, 0) is 19.4 Å². The Morgan fingerprint density at radius 3 is 2.43 bits per heavy atom. The van der Waals surface area contributed by atoms with Crippen LogP contribution in [0.4, 0.5) is 4.79 Å². The highest BCUT2D eigenvalue weighted by Gasteiger charge is 2.34. The average Bonchev–Trinajstić information content (AvgIpc) is 2.54. The van der Waals surface area contributed by atoms with E-state index in [0.29, 0.717) is 39.1 Å². The van der Waals surface area contributed by atoms with Gasteiger partial charge in [0.2, 0.25) is 0 Å². The summed E-state index contributed by atoms with van der Waals surface area (Å²) in [5.41, 5.74) is 0.203. The third-order valence-corrected chi connectivity index (χ3v) is 4.47. The Morgan fingerprint density at radius 1 is 1.26 bits per heavy atom. The average molecular weight is 320 g/mol. The van der Waals surface area contributed by atoms with Crippen molar-refractivity contribution in [1.29, 1.82) is 0 Å². The minimum Gasteiger partial charge on any atom is -0.388 e. The normalized spacial score (nSPS) is 17.1. The van der Waals surface area contributed by atoms with Gasteiger partial charge in [0, 0.05) is 45.7 Å². The highest BCUT2D eigenvalue weighted by atomic mass is 16.5. The number of urea groups is 1. The lowest BCUT2D eigenvalue weighted by atomic mass is 9.93. The lowest BCUT2D eigenvalue weighted by molar-refractivity contribution is -0.0767. The van der Waals surface area contributed by atoms with Crippen LogP contribution in [0.5, 0.6) is 0 Å². The summed E-state index contributed by atoms with van der Waals surface area (Å²) in [5, 5.41) is 10.8. The van der Waals surface area contributed by atoms with Gasteiger partial charge in [0.15, 0.2) is 0 Å². The van der Waals surface area contributed by atoms with E-state index in [1.165, 1.54) is 0 Å². The lowest BCUT2D eigenvalue weighted by Crippen LogP contribution is -2.52. The van der Waals surface area contributed by atoms with Gasteiger partial charge in [-0.15, -0.1) is 0 Å². The molecule has 1 aromatic carbocycles. The van der Waals surface area contributed by atoms with E-state index in [1.54, 1.807) is 16.8 Å². The molecular formula is C18H28N2O3. The number of hydrogen-bond donors (Lipinski definition) is 1. The number of nitrogens with zero attached hydrogens (tertiary/aromatic N) is 2. The molecule has 1 fully saturated rings. The van der Waals surface area contributed by atoms with E-state index in [2.05, 4.69) is 0 Å². The van der Waals surface area contributed by atoms with Crippen molar-refractivity contribution in [3.8, 4) is 0 Å². The van der Waals surface area contributed by atoms with Gasteiger partial charge in [-0.3, -0.25) is 0 Å². The molecule has 0 bridgehead atoms. The first-order valence-electron chi connectivity index (χ1n) is 8.27. The third-order valence-electron chi connectivity index (χ3n) is 4.47. The number of benzene rings is 1. The summed E-state index contributed by atoms with van der Waals surface area (Å²) in [5.74, 6) is 0. The number of carbonyl (C=O) groups is 1. The van der Waals surface area contributed by atoms with Crippen molar-refractivity contribution >= 4 is 6.03 Å². The zero-order chi connectivity index (χ0) is 16.9. The van der Waals surface area contributed by atoms with Crippen molar-refractivity contribution in [2.75, 3.05) is 26.8 Å². The van der Waals surface area contributed by atoms with E-state index >= 15 is 0 Å². The summed E-state index contributed by atoms with van der Waals surface area (Å²) < 4.78 is 5.34. The van der Waals surface area contributed by atoms with Crippen LogP contribution >= 0.6 is 0 Å². The molecule has 0 saturated carbocycles. The van der Waals surface area contributed by atoms with Gasteiger partial charge >= 0.3 is 6.03 Å². The molecule has 2 amide bonds. The Kier molecular flexibility index (Phi) is 6.02. The van der Waals surface area contributed by atoms with Gasteiger partial charge in [0.25, 0.3) is 0 Å². The van der Waals surface area contributed by atoms with Crippen molar-refractivity contribution in [3.05, 3.63) is 35.9 Å². The predicted octanol–water partition coefficient (Wildman–Crippen LogP) is 2.49. The monoisotopic (exact) mass is 320 g/mol. The fraction of sp³-hybridized carbons (Fsp3) is 0.611. The number of ether oxygens (including phenoxy) is 1. The smallest absolute Gasteiger partial charge is 0.320 e. The van der Waals surface area contributed by atoms with Crippen molar-refractivity contribution in [2.24, 2.45) is 0 Å². The van der Waals surface area contributed by atoms with Crippen molar-refractivity contribution in [3.63, 3.8) is 0 Å². The fourth-order valence-electron chi connectivity index (χ4n) is 2.70. The first-order valence-corrected chi connectivity index (χ1v) is 8.27. The molecule has 0 spiro atoms. The van der Waals surface area contributed by atoms with E-state index in [0.717, 1.165) is 5.56 Å². The Balaban J connectivity index is 2.14. The molecule has 1 aliphatic heterocycles. The number of hydrogen-bond acceptors (Lipinski definition) is 3. The molecule has 0 unspecified atom stereocenters. The zero-order valence-electron chi connectivity index (χ0n) is 14.4. The van der Waals surface area contributed by atoms with Gasteiger partial charge in [-0.2, -0.15) is 0 Å². The molecule has 23 heavy (non-hydrogen) atoms. The molecule has 0 aromatic heterocycles. The molecule has 0 aliphatic carbocycles. The first-order chi connectivity index (χ1) is 10.9. The lowest BCUT2D eigenvalue weighted by Gasteiger charge is -2.39. The van der Waals surface area contributed by atoms with Crippen molar-refractivity contribution in [2.45, 2.75) is 44.9 Å². The van der Waals surface area contributed by atoms with Gasteiger partial charge < -0.3 is 19.6 Å². The van der Waals surface area contributed by atoms with Crippen LogP contribution in [-0.2, 0) is 11.3 Å². The Morgan fingerprint density at radius 2 is 1.87 bits per heavy atom. The van der Waals surface area contributed by atoms with Gasteiger partial charge in [0.1, 0.15) is 0 Å². The fourth-order valence-corrected chi connectivity index (χ4v) is 2.70. The number of rotatable bonds is 5. The van der Waals surface area contributed by atoms with Crippen molar-refractivity contribution < 1.29 is 14.6 Å². The van der Waals surface area contributed by atoms with E-state index in [-0.39, 0.29) is 12.1 Å². The first kappa shape index (κ1) is 17.8. The maximum Gasteiger partial charge on any atom is 0.320 e. The van der Waals surface area contributed by atoms with Gasteiger partial charge in [-0.1, -0.05) is 30.3 Å². The summed E-state index contributed by atoms with van der Waals surface area (Å²) in [6.45, 7) is 5.90. The van der Waals surface area contributed by atoms with Crippen molar-refractivity contribution in [1.82, 2.24) is 9.80 Å². The highest BCUT2D eigenvalue weighted by Crippen LogP contribution is 2.23. The standard InChI is InChI=1S/C18H28N2O3/c1-15(2)19(3)17(21)20(13-16-7-5-4-6-8-16)14-18(22)9-11-23-12-10-18/h4-8,15,22H,9-14H2,1-3H3. The highest BCUT2D eigenvalue weighted by molar-refractivity contribution is 5.74. The topological polar surface area (TPSA) is 53.0 Å². The Labute approximate surface area is 138 Å². The second-order valence-electron chi connectivity index (χ2n) is 6.67. The van der Waals surface area contributed by atoms with Crippen LogP contribution < -0.4 is 0 Å². The van der Waals surface area contributed by atoms with Crippen LogP contribution in [0.25, 0.3) is 0 Å². The van der Waals surface area contributed by atoms with E-state index in [4.69, 9.17) is 4.74 Å². The summed E-state index contributed by atoms with van der Waals surface area (Å²) in [6, 6.07) is 9.96. The second kappa shape index (κ2) is 7.79. The molecule has 5 heteroatoms. The minimum absolute atomic E-state index is 0.0521. The SMILES string of the molecule is CC(C)N(C)C(=O)N(Cc1ccccc1)CC1(O)CCOCC1.